The van der Waals surface area contributed by atoms with Crippen molar-refractivity contribution in [1.82, 2.24) is 10.2 Å². The summed E-state index contributed by atoms with van der Waals surface area (Å²) in [5.74, 6) is 2.59. The van der Waals surface area contributed by atoms with Crippen molar-refractivity contribution in [3.05, 3.63) is 0 Å². The molecule has 0 aromatic rings. The van der Waals surface area contributed by atoms with Gasteiger partial charge in [-0.05, 0) is 20.8 Å². The molecule has 15 heavy (non-hydrogen) atoms. The second kappa shape index (κ2) is 6.12. The summed E-state index contributed by atoms with van der Waals surface area (Å²) in [6.45, 7) is 10.1. The van der Waals surface area contributed by atoms with Crippen LogP contribution in [0.25, 0.3) is 0 Å². The molecule has 0 amide bonds. The van der Waals surface area contributed by atoms with Gasteiger partial charge in [0.1, 0.15) is 0 Å². The van der Waals surface area contributed by atoms with Crippen molar-refractivity contribution in [2.45, 2.75) is 39.0 Å². The molecule has 0 spiro atoms. The zero-order valence-electron chi connectivity index (χ0n) is 9.99. The van der Waals surface area contributed by atoms with Crippen molar-refractivity contribution in [3.63, 3.8) is 0 Å². The number of hydrogen-bond acceptors (Lipinski definition) is 3. The molecule has 3 atom stereocenters. The summed E-state index contributed by atoms with van der Waals surface area (Å²) in [7, 11) is 0. The number of terminal acetylenes is 1. The molecular weight excluding hydrogens is 188 g/mol. The number of nitrogens with zero attached hydrogens (tertiary/aromatic N) is 1. The highest BCUT2D eigenvalue weighted by Gasteiger charge is 2.25. The van der Waals surface area contributed by atoms with Gasteiger partial charge < -0.3 is 10.1 Å². The van der Waals surface area contributed by atoms with Crippen molar-refractivity contribution < 1.29 is 4.74 Å². The summed E-state index contributed by atoms with van der Waals surface area (Å²) in [5.41, 5.74) is 0. The van der Waals surface area contributed by atoms with Crippen molar-refractivity contribution in [1.29, 1.82) is 0 Å². The second-order valence-electron chi connectivity index (χ2n) is 4.40. The minimum absolute atomic E-state index is 0.337. The Bertz CT molecular complexity index is 214. The fourth-order valence-corrected chi connectivity index (χ4v) is 2.06. The summed E-state index contributed by atoms with van der Waals surface area (Å²) in [4.78, 5) is 2.46. The molecule has 3 unspecified atom stereocenters. The Kier molecular flexibility index (Phi) is 5.10. The van der Waals surface area contributed by atoms with Gasteiger partial charge in [-0.25, -0.2) is 0 Å². The van der Waals surface area contributed by atoms with Gasteiger partial charge in [-0.15, -0.1) is 6.42 Å². The molecular formula is C12H22N2O. The van der Waals surface area contributed by atoms with Gasteiger partial charge in [-0.2, -0.15) is 0 Å². The van der Waals surface area contributed by atoms with Gasteiger partial charge in [0.25, 0.3) is 0 Å². The van der Waals surface area contributed by atoms with E-state index in [1.54, 1.807) is 0 Å². The number of hydrogen-bond donors (Lipinski definition) is 1. The molecule has 3 heteroatoms. The van der Waals surface area contributed by atoms with E-state index in [0.29, 0.717) is 24.8 Å². The van der Waals surface area contributed by atoms with E-state index in [9.17, 15) is 0 Å². The fraction of sp³-hybridized carbons (Fsp3) is 0.833. The fourth-order valence-electron chi connectivity index (χ4n) is 2.06. The molecule has 1 rings (SSSR count). The summed E-state index contributed by atoms with van der Waals surface area (Å²) in [5, 5.41) is 3.24. The standard InChI is InChI=1S/C12H22N2O/c1-5-6-13-7-10(2)14-8-11(3)15-12(4)9-14/h1,10-13H,6-9H2,2-4H3. The molecule has 0 aromatic heterocycles. The first-order valence-electron chi connectivity index (χ1n) is 5.67. The lowest BCUT2D eigenvalue weighted by molar-refractivity contribution is -0.0780. The lowest BCUT2D eigenvalue weighted by Gasteiger charge is -2.39. The molecule has 1 N–H and O–H groups in total. The van der Waals surface area contributed by atoms with Gasteiger partial charge in [0.2, 0.25) is 0 Å². The number of rotatable bonds is 4. The summed E-state index contributed by atoms with van der Waals surface area (Å²) in [6.07, 6.45) is 5.86. The van der Waals surface area contributed by atoms with Crippen molar-refractivity contribution in [3.8, 4) is 12.3 Å². The molecule has 86 valence electrons. The number of nitrogens with one attached hydrogen (secondary N) is 1. The lowest BCUT2D eigenvalue weighted by atomic mass is 10.2. The van der Waals surface area contributed by atoms with Crippen LogP contribution < -0.4 is 5.32 Å². The SMILES string of the molecule is C#CCNCC(C)N1CC(C)OC(C)C1. The molecule has 1 fully saturated rings. The first-order chi connectivity index (χ1) is 7.13. The van der Waals surface area contributed by atoms with Crippen molar-refractivity contribution in [2.24, 2.45) is 0 Å². The number of ether oxygens (including phenoxy) is 1. The van der Waals surface area contributed by atoms with Gasteiger partial charge in [-0.3, -0.25) is 4.90 Å². The number of morpholine rings is 1. The molecule has 0 bridgehead atoms. The first-order valence-corrected chi connectivity index (χ1v) is 5.67. The van der Waals surface area contributed by atoms with Gasteiger partial charge in [0.05, 0.1) is 18.8 Å². The molecule has 0 aromatic carbocycles. The van der Waals surface area contributed by atoms with Crippen LogP contribution in [0.2, 0.25) is 0 Å². The van der Waals surface area contributed by atoms with Gasteiger partial charge in [-0.1, -0.05) is 5.92 Å². The second-order valence-corrected chi connectivity index (χ2v) is 4.40. The quantitative estimate of drug-likeness (QED) is 0.546. The molecule has 0 radical (unpaired) electrons. The zero-order chi connectivity index (χ0) is 11.3. The zero-order valence-corrected chi connectivity index (χ0v) is 9.99. The maximum absolute atomic E-state index is 5.70. The Morgan fingerprint density at radius 2 is 2.07 bits per heavy atom. The minimum atomic E-state index is 0.337. The van der Waals surface area contributed by atoms with E-state index in [1.165, 1.54) is 0 Å². The van der Waals surface area contributed by atoms with E-state index in [0.717, 1.165) is 19.6 Å². The van der Waals surface area contributed by atoms with Gasteiger partial charge in [0.15, 0.2) is 0 Å². The Labute approximate surface area is 93.2 Å². The maximum Gasteiger partial charge on any atom is 0.0678 e. The topological polar surface area (TPSA) is 24.5 Å². The predicted molar refractivity (Wildman–Crippen MR) is 62.7 cm³/mol. The highest BCUT2D eigenvalue weighted by Crippen LogP contribution is 2.12. The largest absolute Gasteiger partial charge is 0.373 e. The molecule has 0 saturated carbocycles. The van der Waals surface area contributed by atoms with E-state index < -0.39 is 0 Å². The highest BCUT2D eigenvalue weighted by atomic mass is 16.5. The lowest BCUT2D eigenvalue weighted by Crippen LogP contribution is -2.51. The van der Waals surface area contributed by atoms with Crippen LogP contribution in [-0.2, 0) is 4.74 Å². The third-order valence-electron chi connectivity index (χ3n) is 2.74. The average Bonchev–Trinajstić information content (AvgIpc) is 2.16. The molecule has 1 aliphatic rings. The van der Waals surface area contributed by atoms with Crippen LogP contribution in [0.15, 0.2) is 0 Å². The molecule has 1 saturated heterocycles. The monoisotopic (exact) mass is 210 g/mol. The van der Waals surface area contributed by atoms with E-state index in [2.05, 4.69) is 36.9 Å². The van der Waals surface area contributed by atoms with Crippen LogP contribution in [0.5, 0.6) is 0 Å². The van der Waals surface area contributed by atoms with Crippen LogP contribution >= 0.6 is 0 Å². The van der Waals surface area contributed by atoms with Crippen LogP contribution in [0.3, 0.4) is 0 Å². The van der Waals surface area contributed by atoms with Gasteiger partial charge in [0, 0.05) is 25.7 Å². The van der Waals surface area contributed by atoms with Crippen LogP contribution in [0.1, 0.15) is 20.8 Å². The summed E-state index contributed by atoms with van der Waals surface area (Å²) in [6, 6.07) is 0.521. The van der Waals surface area contributed by atoms with Crippen molar-refractivity contribution >= 4 is 0 Å². The van der Waals surface area contributed by atoms with Crippen LogP contribution in [0, 0.1) is 12.3 Å². The first kappa shape index (κ1) is 12.5. The molecule has 1 heterocycles. The van der Waals surface area contributed by atoms with E-state index in [1.807, 2.05) is 0 Å². The minimum Gasteiger partial charge on any atom is -0.373 e. The molecule has 1 aliphatic heterocycles. The third kappa shape index (κ3) is 4.21. The van der Waals surface area contributed by atoms with Gasteiger partial charge >= 0.3 is 0 Å². The molecule has 3 nitrogen and oxygen atoms in total. The van der Waals surface area contributed by atoms with Crippen LogP contribution in [0.4, 0.5) is 0 Å². The maximum atomic E-state index is 5.70. The van der Waals surface area contributed by atoms with E-state index >= 15 is 0 Å². The molecule has 0 aliphatic carbocycles. The Morgan fingerprint density at radius 3 is 2.60 bits per heavy atom. The highest BCUT2D eigenvalue weighted by molar-refractivity contribution is 4.87. The van der Waals surface area contributed by atoms with Crippen LogP contribution in [-0.4, -0.2) is 49.3 Å². The summed E-state index contributed by atoms with van der Waals surface area (Å²) < 4.78 is 5.70. The Morgan fingerprint density at radius 1 is 1.47 bits per heavy atom. The summed E-state index contributed by atoms with van der Waals surface area (Å²) >= 11 is 0. The van der Waals surface area contributed by atoms with E-state index in [4.69, 9.17) is 11.2 Å². The third-order valence-corrected chi connectivity index (χ3v) is 2.74. The Balaban J connectivity index is 2.31. The smallest absolute Gasteiger partial charge is 0.0678 e. The average molecular weight is 210 g/mol. The Hall–Kier alpha value is -0.560. The predicted octanol–water partition coefficient (Wildman–Crippen LogP) is 0.707. The van der Waals surface area contributed by atoms with Crippen molar-refractivity contribution in [2.75, 3.05) is 26.2 Å². The normalized spacial score (nSPS) is 29.7. The van der Waals surface area contributed by atoms with E-state index in [-0.39, 0.29) is 0 Å².